The van der Waals surface area contributed by atoms with E-state index < -0.39 is 0 Å². The summed E-state index contributed by atoms with van der Waals surface area (Å²) in [5.74, 6) is 2.44. The molecule has 5 heteroatoms. The molecule has 0 saturated heterocycles. The van der Waals surface area contributed by atoms with Crippen LogP contribution in [-0.4, -0.2) is 19.9 Å². The Balaban J connectivity index is 1.14. The van der Waals surface area contributed by atoms with Crippen LogP contribution in [0, 0.1) is 0 Å². The van der Waals surface area contributed by atoms with E-state index in [9.17, 15) is 0 Å². The third kappa shape index (κ3) is 4.47. The molecule has 0 radical (unpaired) electrons. The molecule has 5 nitrogen and oxygen atoms in total. The fraction of sp³-hybridized carbons (Fsp3) is 0.130. The summed E-state index contributed by atoms with van der Waals surface area (Å²) in [5.41, 5.74) is 15.2. The van der Waals surface area contributed by atoms with Gasteiger partial charge in [0.25, 0.3) is 0 Å². The molecule has 0 spiro atoms. The van der Waals surface area contributed by atoms with E-state index in [4.69, 9.17) is 24.4 Å². The maximum absolute atomic E-state index is 6.27. The predicted octanol–water partition coefficient (Wildman–Crippen LogP) is 11.3. The monoisotopic (exact) mass is 658 g/mol. The lowest BCUT2D eigenvalue weighted by atomic mass is 9.82. The maximum atomic E-state index is 6.27. The van der Waals surface area contributed by atoms with Gasteiger partial charge in [-0.3, -0.25) is 0 Å². The van der Waals surface area contributed by atoms with Crippen LogP contribution in [0.25, 0.3) is 79.0 Å². The smallest absolute Gasteiger partial charge is 0.227 e. The van der Waals surface area contributed by atoms with Crippen molar-refractivity contribution in [2.24, 2.45) is 0 Å². The molecule has 0 unspecified atom stereocenters. The van der Waals surface area contributed by atoms with Crippen LogP contribution in [-0.2, 0) is 10.8 Å². The van der Waals surface area contributed by atoms with Crippen LogP contribution in [0.3, 0.4) is 0 Å². The number of nitrogens with zero attached hydrogens (tertiary/aromatic N) is 4. The van der Waals surface area contributed by atoms with Crippen LogP contribution in [0.15, 0.2) is 138 Å². The van der Waals surface area contributed by atoms with E-state index >= 15 is 0 Å². The molecule has 2 aromatic heterocycles. The Morgan fingerprint density at radius 1 is 0.392 bits per heavy atom. The molecule has 0 aliphatic heterocycles. The first-order chi connectivity index (χ1) is 24.8. The van der Waals surface area contributed by atoms with E-state index in [2.05, 4.69) is 113 Å². The number of fused-ring (bicyclic) bond motifs is 7. The third-order valence-electron chi connectivity index (χ3n) is 11.0. The highest BCUT2D eigenvalue weighted by Gasteiger charge is 2.37. The molecule has 244 valence electrons. The van der Waals surface area contributed by atoms with Crippen molar-refractivity contribution in [2.45, 2.75) is 38.5 Å². The number of oxazole rings is 1. The molecule has 0 N–H and O–H groups in total. The third-order valence-corrected chi connectivity index (χ3v) is 11.0. The van der Waals surface area contributed by atoms with Gasteiger partial charge < -0.3 is 4.42 Å². The predicted molar refractivity (Wildman–Crippen MR) is 204 cm³/mol. The molecule has 0 bridgehead atoms. The Labute approximate surface area is 296 Å². The topological polar surface area (TPSA) is 64.7 Å². The largest absolute Gasteiger partial charge is 0.436 e. The first-order valence-electron chi connectivity index (χ1n) is 17.5. The van der Waals surface area contributed by atoms with Gasteiger partial charge in [-0.2, -0.15) is 0 Å². The Morgan fingerprint density at radius 2 is 0.843 bits per heavy atom. The van der Waals surface area contributed by atoms with Gasteiger partial charge in [-0.1, -0.05) is 119 Å². The fourth-order valence-electron chi connectivity index (χ4n) is 8.22. The van der Waals surface area contributed by atoms with Gasteiger partial charge in [-0.05, 0) is 87.0 Å². The van der Waals surface area contributed by atoms with Crippen molar-refractivity contribution in [3.63, 3.8) is 0 Å². The Kier molecular flexibility index (Phi) is 6.20. The summed E-state index contributed by atoms with van der Waals surface area (Å²) >= 11 is 0. The molecule has 2 aliphatic carbocycles. The van der Waals surface area contributed by atoms with E-state index in [0.717, 1.165) is 27.8 Å². The highest BCUT2D eigenvalue weighted by atomic mass is 16.3. The van der Waals surface area contributed by atoms with Crippen molar-refractivity contribution in [1.29, 1.82) is 0 Å². The standard InChI is InChI=1S/C46H34N4O/c1-45(2)35-16-10-8-14-31(35)33-21-18-28(24-37(33)45)41-48-42(29-19-22-34-32-15-9-11-17-36(32)46(3,4)38(34)25-29)50-43(49-41)30-20-23-39-40(26-30)51-44(47-39)27-12-6-5-7-13-27/h5-26H,1-4H3. The van der Waals surface area contributed by atoms with Gasteiger partial charge in [0.15, 0.2) is 23.1 Å². The summed E-state index contributed by atoms with van der Waals surface area (Å²) in [7, 11) is 0. The molecule has 2 aliphatic rings. The highest BCUT2D eigenvalue weighted by Crippen LogP contribution is 2.51. The van der Waals surface area contributed by atoms with Crippen LogP contribution < -0.4 is 0 Å². The zero-order valence-electron chi connectivity index (χ0n) is 28.9. The summed E-state index contributed by atoms with van der Waals surface area (Å²) in [6.45, 7) is 9.19. The first-order valence-corrected chi connectivity index (χ1v) is 17.5. The SMILES string of the molecule is CC1(C)c2ccccc2-c2ccc(-c3nc(-c4ccc5c(c4)C(C)(C)c4ccccc4-5)nc(-c4ccc5nc(-c6ccccc6)oc5c4)n3)cc21. The molecule has 2 heterocycles. The molecule has 0 saturated carbocycles. The van der Waals surface area contributed by atoms with E-state index in [1.54, 1.807) is 0 Å². The van der Waals surface area contributed by atoms with Crippen LogP contribution in [0.5, 0.6) is 0 Å². The molecule has 51 heavy (non-hydrogen) atoms. The lowest BCUT2D eigenvalue weighted by Gasteiger charge is -2.22. The van der Waals surface area contributed by atoms with Crippen LogP contribution in [0.2, 0.25) is 0 Å². The van der Waals surface area contributed by atoms with Crippen molar-refractivity contribution in [1.82, 2.24) is 19.9 Å². The van der Waals surface area contributed by atoms with Gasteiger partial charge in [0.2, 0.25) is 5.89 Å². The normalized spacial score (nSPS) is 14.6. The Morgan fingerprint density at radius 3 is 1.39 bits per heavy atom. The van der Waals surface area contributed by atoms with Crippen molar-refractivity contribution >= 4 is 11.1 Å². The molecule has 0 atom stereocenters. The summed E-state index contributed by atoms with van der Waals surface area (Å²) in [5, 5.41) is 0. The van der Waals surface area contributed by atoms with Gasteiger partial charge in [0.1, 0.15) is 5.52 Å². The maximum Gasteiger partial charge on any atom is 0.227 e. The van der Waals surface area contributed by atoms with Crippen molar-refractivity contribution in [3.8, 4) is 67.9 Å². The summed E-state index contributed by atoms with van der Waals surface area (Å²) in [6.07, 6.45) is 0. The Hall–Kier alpha value is -6.20. The zero-order valence-corrected chi connectivity index (χ0v) is 28.9. The van der Waals surface area contributed by atoms with Gasteiger partial charge in [0.05, 0.1) is 0 Å². The minimum Gasteiger partial charge on any atom is -0.436 e. The lowest BCUT2D eigenvalue weighted by molar-refractivity contribution is 0.620. The molecule has 6 aromatic carbocycles. The van der Waals surface area contributed by atoms with E-state index in [0.29, 0.717) is 28.9 Å². The minimum absolute atomic E-state index is 0.144. The quantitative estimate of drug-likeness (QED) is 0.188. The average Bonchev–Trinajstić information content (AvgIpc) is 3.78. The van der Waals surface area contributed by atoms with Gasteiger partial charge in [0, 0.05) is 33.1 Å². The summed E-state index contributed by atoms with van der Waals surface area (Å²) in [4.78, 5) is 20.2. The van der Waals surface area contributed by atoms with Gasteiger partial charge in [-0.15, -0.1) is 0 Å². The summed E-state index contributed by atoms with van der Waals surface area (Å²) < 4.78 is 6.27. The van der Waals surface area contributed by atoms with Crippen molar-refractivity contribution in [3.05, 3.63) is 156 Å². The van der Waals surface area contributed by atoms with E-state index in [1.165, 1.54) is 44.5 Å². The van der Waals surface area contributed by atoms with Gasteiger partial charge >= 0.3 is 0 Å². The van der Waals surface area contributed by atoms with E-state index in [1.807, 2.05) is 48.5 Å². The second kappa shape index (κ2) is 10.6. The molecule has 0 fully saturated rings. The van der Waals surface area contributed by atoms with Crippen LogP contribution >= 0.6 is 0 Å². The Bertz CT molecular complexity index is 2580. The molecule has 0 amide bonds. The second-order valence-corrected chi connectivity index (χ2v) is 14.7. The average molecular weight is 659 g/mol. The lowest BCUT2D eigenvalue weighted by Crippen LogP contribution is -2.15. The molecular formula is C46H34N4O. The van der Waals surface area contributed by atoms with E-state index in [-0.39, 0.29) is 10.8 Å². The molecular weight excluding hydrogens is 625 g/mol. The number of hydrogen-bond acceptors (Lipinski definition) is 5. The number of rotatable bonds is 4. The van der Waals surface area contributed by atoms with Crippen LogP contribution in [0.1, 0.15) is 49.9 Å². The van der Waals surface area contributed by atoms with Gasteiger partial charge in [-0.25, -0.2) is 19.9 Å². The first kappa shape index (κ1) is 29.7. The summed E-state index contributed by atoms with van der Waals surface area (Å²) in [6, 6.07) is 46.7. The fourth-order valence-corrected chi connectivity index (χ4v) is 8.22. The molecule has 8 aromatic rings. The minimum atomic E-state index is -0.144. The van der Waals surface area contributed by atoms with Crippen molar-refractivity contribution in [2.75, 3.05) is 0 Å². The number of benzene rings is 6. The van der Waals surface area contributed by atoms with Crippen molar-refractivity contribution < 1.29 is 4.42 Å². The number of aromatic nitrogens is 4. The second-order valence-electron chi connectivity index (χ2n) is 14.7. The number of hydrogen-bond donors (Lipinski definition) is 0. The zero-order chi connectivity index (χ0) is 34.5. The molecule has 10 rings (SSSR count). The highest BCUT2D eigenvalue weighted by molar-refractivity contribution is 5.86. The van der Waals surface area contributed by atoms with Crippen LogP contribution in [0.4, 0.5) is 0 Å².